The van der Waals surface area contributed by atoms with Gasteiger partial charge in [-0.1, -0.05) is 12.1 Å². The van der Waals surface area contributed by atoms with E-state index < -0.39 is 0 Å². The Morgan fingerprint density at radius 1 is 1.14 bits per heavy atom. The lowest BCUT2D eigenvalue weighted by Crippen LogP contribution is -2.23. The Bertz CT molecular complexity index is 592. The van der Waals surface area contributed by atoms with Gasteiger partial charge < -0.3 is 15.0 Å². The van der Waals surface area contributed by atoms with Gasteiger partial charge in [0, 0.05) is 25.8 Å². The molecule has 21 heavy (non-hydrogen) atoms. The second-order valence-electron chi connectivity index (χ2n) is 4.88. The van der Waals surface area contributed by atoms with Crippen molar-refractivity contribution in [1.29, 1.82) is 0 Å². The number of hydrogen-bond donors (Lipinski definition) is 1. The van der Waals surface area contributed by atoms with Crippen LogP contribution >= 0.6 is 0 Å². The summed E-state index contributed by atoms with van der Waals surface area (Å²) in [6.07, 6.45) is 2.12. The molecule has 1 N–H and O–H groups in total. The van der Waals surface area contributed by atoms with Crippen molar-refractivity contribution in [3.8, 4) is 5.88 Å². The Balaban J connectivity index is 2.00. The fraction of sp³-hybridized carbons (Fsp3) is 0.250. The van der Waals surface area contributed by atoms with E-state index in [1.54, 1.807) is 38.4 Å². The molecule has 0 spiro atoms. The number of ether oxygens (including phenoxy) is 1. The fourth-order valence-electron chi connectivity index (χ4n) is 1.78. The van der Waals surface area contributed by atoms with Crippen LogP contribution in [0, 0.1) is 0 Å². The number of pyridine rings is 1. The molecule has 1 amide bonds. The summed E-state index contributed by atoms with van der Waals surface area (Å²) in [5.74, 6) is 0.674. The van der Waals surface area contributed by atoms with Gasteiger partial charge >= 0.3 is 0 Å². The third-order valence-electron chi connectivity index (χ3n) is 3.04. The molecule has 2 rings (SSSR count). The number of methoxy groups -OCH3 is 1. The molecule has 0 atom stereocenters. The molecule has 0 radical (unpaired) electrons. The summed E-state index contributed by atoms with van der Waals surface area (Å²) < 4.78 is 5.02. The Morgan fingerprint density at radius 2 is 1.81 bits per heavy atom. The highest BCUT2D eigenvalue weighted by atomic mass is 16.5. The van der Waals surface area contributed by atoms with Crippen molar-refractivity contribution in [2.24, 2.45) is 0 Å². The first-order valence-electron chi connectivity index (χ1n) is 6.64. The van der Waals surface area contributed by atoms with Crippen LogP contribution in [0.1, 0.15) is 5.56 Å². The van der Waals surface area contributed by atoms with Crippen LogP contribution < -0.4 is 10.1 Å². The zero-order chi connectivity index (χ0) is 15.2. The van der Waals surface area contributed by atoms with Crippen molar-refractivity contribution < 1.29 is 9.53 Å². The van der Waals surface area contributed by atoms with Crippen LogP contribution in [0.2, 0.25) is 0 Å². The van der Waals surface area contributed by atoms with Crippen molar-refractivity contribution in [2.75, 3.05) is 26.5 Å². The maximum absolute atomic E-state index is 11.6. The lowest BCUT2D eigenvalue weighted by atomic mass is 10.1. The molecule has 2 aromatic rings. The van der Waals surface area contributed by atoms with Gasteiger partial charge in [-0.3, -0.25) is 4.79 Å². The molecule has 1 heterocycles. The number of carbonyl (C=O) groups excluding carboxylic acids is 1. The van der Waals surface area contributed by atoms with Gasteiger partial charge in [-0.2, -0.15) is 0 Å². The molecule has 110 valence electrons. The molecule has 0 saturated heterocycles. The Morgan fingerprint density at radius 3 is 2.33 bits per heavy atom. The van der Waals surface area contributed by atoms with Crippen LogP contribution in [0.25, 0.3) is 0 Å². The lowest BCUT2D eigenvalue weighted by Gasteiger charge is -2.11. The number of likely N-dealkylation sites (N-methyl/N-ethyl adjacent to an activating group) is 1. The van der Waals surface area contributed by atoms with Gasteiger partial charge in [-0.15, -0.1) is 0 Å². The zero-order valence-electron chi connectivity index (χ0n) is 12.5. The maximum atomic E-state index is 11.6. The average Bonchev–Trinajstić information content (AvgIpc) is 2.50. The van der Waals surface area contributed by atoms with Crippen molar-refractivity contribution in [1.82, 2.24) is 9.88 Å². The number of nitrogens with one attached hydrogen (secondary N) is 1. The van der Waals surface area contributed by atoms with Crippen LogP contribution in [0.4, 0.5) is 11.4 Å². The van der Waals surface area contributed by atoms with Gasteiger partial charge in [0.05, 0.1) is 25.4 Å². The molecular weight excluding hydrogens is 266 g/mol. The molecule has 0 aliphatic rings. The van der Waals surface area contributed by atoms with E-state index in [9.17, 15) is 4.79 Å². The average molecular weight is 285 g/mol. The predicted octanol–water partition coefficient (Wildman–Crippen LogP) is 2.46. The summed E-state index contributed by atoms with van der Waals surface area (Å²) in [6, 6.07) is 11.5. The van der Waals surface area contributed by atoms with Gasteiger partial charge in [-0.25, -0.2) is 4.98 Å². The van der Waals surface area contributed by atoms with Gasteiger partial charge in [0.15, 0.2) is 0 Å². The normalized spacial score (nSPS) is 10.0. The molecule has 1 aromatic carbocycles. The summed E-state index contributed by atoms with van der Waals surface area (Å²) in [5, 5.41) is 3.25. The topological polar surface area (TPSA) is 54.5 Å². The number of anilines is 2. The molecular formula is C16H19N3O2. The monoisotopic (exact) mass is 285 g/mol. The van der Waals surface area contributed by atoms with E-state index in [4.69, 9.17) is 4.74 Å². The van der Waals surface area contributed by atoms with E-state index in [1.807, 2.05) is 30.3 Å². The number of benzene rings is 1. The van der Waals surface area contributed by atoms with Crippen LogP contribution in [0.15, 0.2) is 42.6 Å². The Hall–Kier alpha value is -2.56. The van der Waals surface area contributed by atoms with Crippen molar-refractivity contribution in [2.45, 2.75) is 6.42 Å². The number of hydrogen-bond acceptors (Lipinski definition) is 4. The highest BCUT2D eigenvalue weighted by Gasteiger charge is 2.05. The number of carbonyl (C=O) groups is 1. The molecule has 0 aliphatic carbocycles. The van der Waals surface area contributed by atoms with E-state index in [-0.39, 0.29) is 5.91 Å². The molecule has 0 unspecified atom stereocenters. The second kappa shape index (κ2) is 6.74. The number of nitrogens with zero attached hydrogens (tertiary/aromatic N) is 2. The predicted molar refractivity (Wildman–Crippen MR) is 82.9 cm³/mol. The highest BCUT2D eigenvalue weighted by Crippen LogP contribution is 2.18. The first-order chi connectivity index (χ1) is 10.1. The minimum atomic E-state index is 0.0927. The summed E-state index contributed by atoms with van der Waals surface area (Å²) >= 11 is 0. The smallest absolute Gasteiger partial charge is 0.226 e. The van der Waals surface area contributed by atoms with Crippen LogP contribution in [-0.2, 0) is 11.2 Å². The second-order valence-corrected chi connectivity index (χ2v) is 4.88. The zero-order valence-corrected chi connectivity index (χ0v) is 12.5. The van der Waals surface area contributed by atoms with Crippen molar-refractivity contribution >= 4 is 17.3 Å². The lowest BCUT2D eigenvalue weighted by molar-refractivity contribution is -0.127. The van der Waals surface area contributed by atoms with Gasteiger partial charge in [0.1, 0.15) is 0 Å². The molecule has 5 nitrogen and oxygen atoms in total. The standard InChI is InChI=1S/C16H19N3O2/c1-19(2)16(20)10-12-4-6-13(7-5-12)18-14-8-9-15(21-3)17-11-14/h4-9,11,18H,10H2,1-3H3. The maximum Gasteiger partial charge on any atom is 0.226 e. The first-order valence-corrected chi connectivity index (χ1v) is 6.64. The van der Waals surface area contributed by atoms with E-state index in [1.165, 1.54) is 0 Å². The minimum Gasteiger partial charge on any atom is -0.481 e. The van der Waals surface area contributed by atoms with E-state index in [0.29, 0.717) is 12.3 Å². The summed E-state index contributed by atoms with van der Waals surface area (Å²) in [4.78, 5) is 17.4. The minimum absolute atomic E-state index is 0.0927. The molecule has 0 bridgehead atoms. The van der Waals surface area contributed by atoms with Gasteiger partial charge in [-0.05, 0) is 23.8 Å². The fourth-order valence-corrected chi connectivity index (χ4v) is 1.78. The number of aromatic nitrogens is 1. The molecule has 5 heteroatoms. The highest BCUT2D eigenvalue weighted by molar-refractivity contribution is 5.78. The van der Waals surface area contributed by atoms with E-state index in [0.717, 1.165) is 16.9 Å². The third kappa shape index (κ3) is 4.21. The third-order valence-corrected chi connectivity index (χ3v) is 3.04. The van der Waals surface area contributed by atoms with Crippen LogP contribution in [0.5, 0.6) is 5.88 Å². The van der Waals surface area contributed by atoms with Gasteiger partial charge in [0.2, 0.25) is 11.8 Å². The quantitative estimate of drug-likeness (QED) is 0.917. The molecule has 0 aliphatic heterocycles. The number of rotatable bonds is 5. The van der Waals surface area contributed by atoms with Gasteiger partial charge in [0.25, 0.3) is 0 Å². The Labute approximate surface area is 124 Å². The van der Waals surface area contributed by atoms with E-state index in [2.05, 4.69) is 10.3 Å². The summed E-state index contributed by atoms with van der Waals surface area (Å²) in [7, 11) is 5.10. The van der Waals surface area contributed by atoms with Crippen LogP contribution in [-0.4, -0.2) is 37.0 Å². The van der Waals surface area contributed by atoms with E-state index >= 15 is 0 Å². The SMILES string of the molecule is COc1ccc(Nc2ccc(CC(=O)N(C)C)cc2)cn1. The molecule has 0 saturated carbocycles. The summed E-state index contributed by atoms with van der Waals surface area (Å²) in [6.45, 7) is 0. The number of amides is 1. The first kappa shape index (κ1) is 14.8. The molecule has 1 aromatic heterocycles. The Kier molecular flexibility index (Phi) is 4.77. The van der Waals surface area contributed by atoms with Crippen molar-refractivity contribution in [3.63, 3.8) is 0 Å². The van der Waals surface area contributed by atoms with Crippen molar-refractivity contribution in [3.05, 3.63) is 48.2 Å². The van der Waals surface area contributed by atoms with Crippen LogP contribution in [0.3, 0.4) is 0 Å². The molecule has 0 fully saturated rings. The largest absolute Gasteiger partial charge is 0.481 e. The summed E-state index contributed by atoms with van der Waals surface area (Å²) in [5.41, 5.74) is 2.82.